The SMILES string of the molecule is COc1ccc(N=Cc2ccc(F)c(F)c2)cc1. The molecule has 0 heterocycles. The Morgan fingerprint density at radius 2 is 1.72 bits per heavy atom. The van der Waals surface area contributed by atoms with Gasteiger partial charge in [-0.3, -0.25) is 4.99 Å². The molecule has 0 fully saturated rings. The van der Waals surface area contributed by atoms with Crippen molar-refractivity contribution >= 4 is 11.9 Å². The highest BCUT2D eigenvalue weighted by molar-refractivity contribution is 5.81. The average Bonchev–Trinajstić information content (AvgIpc) is 2.41. The van der Waals surface area contributed by atoms with Gasteiger partial charge in [-0.25, -0.2) is 8.78 Å². The fraction of sp³-hybridized carbons (Fsp3) is 0.0714. The van der Waals surface area contributed by atoms with Crippen molar-refractivity contribution in [1.29, 1.82) is 0 Å². The monoisotopic (exact) mass is 247 g/mol. The lowest BCUT2D eigenvalue weighted by Crippen LogP contribution is -1.87. The van der Waals surface area contributed by atoms with Gasteiger partial charge in [-0.15, -0.1) is 0 Å². The molecule has 0 aliphatic rings. The van der Waals surface area contributed by atoms with Gasteiger partial charge in [0.2, 0.25) is 0 Å². The first-order chi connectivity index (χ1) is 8.69. The molecular weight excluding hydrogens is 236 g/mol. The van der Waals surface area contributed by atoms with Crippen molar-refractivity contribution in [3.05, 3.63) is 59.7 Å². The van der Waals surface area contributed by atoms with Gasteiger partial charge >= 0.3 is 0 Å². The number of nitrogens with zero attached hydrogens (tertiary/aromatic N) is 1. The molecular formula is C14H11F2NO. The molecule has 2 nitrogen and oxygen atoms in total. The second-order valence-corrected chi connectivity index (χ2v) is 3.63. The van der Waals surface area contributed by atoms with Crippen LogP contribution in [0.2, 0.25) is 0 Å². The maximum absolute atomic E-state index is 13.0. The first kappa shape index (κ1) is 12.2. The van der Waals surface area contributed by atoms with E-state index >= 15 is 0 Å². The molecule has 2 aromatic rings. The summed E-state index contributed by atoms with van der Waals surface area (Å²) in [4.78, 5) is 4.15. The van der Waals surface area contributed by atoms with Gasteiger partial charge in [0, 0.05) is 6.21 Å². The minimum absolute atomic E-state index is 0.504. The molecule has 0 amide bonds. The summed E-state index contributed by atoms with van der Waals surface area (Å²) in [6.07, 6.45) is 1.48. The summed E-state index contributed by atoms with van der Waals surface area (Å²) in [6.45, 7) is 0. The number of aliphatic imine (C=N–C) groups is 1. The zero-order valence-electron chi connectivity index (χ0n) is 9.73. The van der Waals surface area contributed by atoms with Crippen LogP contribution in [-0.2, 0) is 0 Å². The lowest BCUT2D eigenvalue weighted by atomic mass is 10.2. The number of methoxy groups -OCH3 is 1. The summed E-state index contributed by atoms with van der Waals surface area (Å²) < 4.78 is 30.7. The highest BCUT2D eigenvalue weighted by Gasteiger charge is 2.00. The summed E-state index contributed by atoms with van der Waals surface area (Å²) in [5.74, 6) is -1.01. The largest absolute Gasteiger partial charge is 0.497 e. The van der Waals surface area contributed by atoms with E-state index < -0.39 is 11.6 Å². The average molecular weight is 247 g/mol. The Kier molecular flexibility index (Phi) is 3.67. The standard InChI is InChI=1S/C14H11F2NO/c1-18-12-5-3-11(4-6-12)17-9-10-2-7-13(15)14(16)8-10/h2-9H,1H3. The Bertz CT molecular complexity index is 565. The normalized spacial score (nSPS) is 10.8. The Hall–Kier alpha value is -2.23. The number of hydrogen-bond acceptors (Lipinski definition) is 2. The smallest absolute Gasteiger partial charge is 0.159 e. The summed E-state index contributed by atoms with van der Waals surface area (Å²) in [5, 5.41) is 0. The molecule has 0 bridgehead atoms. The van der Waals surface area contributed by atoms with E-state index in [-0.39, 0.29) is 0 Å². The lowest BCUT2D eigenvalue weighted by Gasteiger charge is -1.99. The van der Waals surface area contributed by atoms with Crippen LogP contribution in [0.3, 0.4) is 0 Å². The molecule has 2 aromatic carbocycles. The molecule has 0 saturated carbocycles. The molecule has 0 radical (unpaired) electrons. The van der Waals surface area contributed by atoms with Crippen LogP contribution in [0.5, 0.6) is 5.75 Å². The van der Waals surface area contributed by atoms with E-state index in [4.69, 9.17) is 4.74 Å². The molecule has 0 aliphatic carbocycles. The van der Waals surface area contributed by atoms with E-state index in [0.29, 0.717) is 11.3 Å². The van der Waals surface area contributed by atoms with E-state index in [1.165, 1.54) is 12.3 Å². The molecule has 4 heteroatoms. The van der Waals surface area contributed by atoms with Crippen LogP contribution in [-0.4, -0.2) is 13.3 Å². The van der Waals surface area contributed by atoms with Gasteiger partial charge in [0.25, 0.3) is 0 Å². The molecule has 0 saturated heterocycles. The first-order valence-electron chi connectivity index (χ1n) is 5.32. The second-order valence-electron chi connectivity index (χ2n) is 3.63. The zero-order chi connectivity index (χ0) is 13.0. The number of ether oxygens (including phenoxy) is 1. The van der Waals surface area contributed by atoms with E-state index in [2.05, 4.69) is 4.99 Å². The fourth-order valence-electron chi connectivity index (χ4n) is 1.41. The Labute approximate surface area is 104 Å². The van der Waals surface area contributed by atoms with Crippen molar-refractivity contribution < 1.29 is 13.5 Å². The van der Waals surface area contributed by atoms with Crippen LogP contribution in [0.1, 0.15) is 5.56 Å². The molecule has 0 N–H and O–H groups in total. The maximum Gasteiger partial charge on any atom is 0.159 e. The van der Waals surface area contributed by atoms with Crippen LogP contribution < -0.4 is 4.74 Å². The third-order valence-corrected chi connectivity index (χ3v) is 2.38. The molecule has 18 heavy (non-hydrogen) atoms. The maximum atomic E-state index is 13.0. The van der Waals surface area contributed by atoms with Crippen LogP contribution in [0.4, 0.5) is 14.5 Å². The number of benzene rings is 2. The molecule has 2 rings (SSSR count). The van der Waals surface area contributed by atoms with Crippen LogP contribution in [0.15, 0.2) is 47.5 Å². The van der Waals surface area contributed by atoms with Gasteiger partial charge in [0.15, 0.2) is 11.6 Å². The van der Waals surface area contributed by atoms with Crippen molar-refractivity contribution in [1.82, 2.24) is 0 Å². The third kappa shape index (κ3) is 2.91. The first-order valence-corrected chi connectivity index (χ1v) is 5.32. The predicted molar refractivity (Wildman–Crippen MR) is 66.6 cm³/mol. The number of halogens is 2. The Morgan fingerprint density at radius 3 is 2.33 bits per heavy atom. The van der Waals surface area contributed by atoms with Gasteiger partial charge in [0.1, 0.15) is 5.75 Å². The Morgan fingerprint density at radius 1 is 1.00 bits per heavy atom. The van der Waals surface area contributed by atoms with Gasteiger partial charge in [-0.1, -0.05) is 6.07 Å². The summed E-state index contributed by atoms with van der Waals surface area (Å²) in [7, 11) is 1.58. The van der Waals surface area contributed by atoms with Crippen LogP contribution in [0.25, 0.3) is 0 Å². The zero-order valence-corrected chi connectivity index (χ0v) is 9.73. The van der Waals surface area contributed by atoms with Crippen LogP contribution >= 0.6 is 0 Å². The summed E-state index contributed by atoms with van der Waals surface area (Å²) in [6, 6.07) is 10.7. The highest BCUT2D eigenvalue weighted by Crippen LogP contribution is 2.17. The van der Waals surface area contributed by atoms with Gasteiger partial charge < -0.3 is 4.74 Å². The third-order valence-electron chi connectivity index (χ3n) is 2.38. The molecule has 0 aromatic heterocycles. The molecule has 92 valence electrons. The van der Waals surface area contributed by atoms with Crippen LogP contribution in [0, 0.1) is 11.6 Å². The van der Waals surface area contributed by atoms with Crippen molar-refractivity contribution in [3.8, 4) is 5.75 Å². The summed E-state index contributed by atoms with van der Waals surface area (Å²) >= 11 is 0. The lowest BCUT2D eigenvalue weighted by molar-refractivity contribution is 0.415. The molecule has 0 atom stereocenters. The predicted octanol–water partition coefficient (Wildman–Crippen LogP) is 3.72. The van der Waals surface area contributed by atoms with E-state index in [1.807, 2.05) is 0 Å². The Balaban J connectivity index is 2.16. The minimum atomic E-state index is -0.881. The molecule has 0 spiro atoms. The quantitative estimate of drug-likeness (QED) is 0.757. The summed E-state index contributed by atoms with van der Waals surface area (Å²) in [5.41, 5.74) is 1.21. The van der Waals surface area contributed by atoms with Crippen molar-refractivity contribution in [3.63, 3.8) is 0 Å². The number of rotatable bonds is 3. The van der Waals surface area contributed by atoms with Crippen molar-refractivity contribution in [2.45, 2.75) is 0 Å². The highest BCUT2D eigenvalue weighted by atomic mass is 19.2. The molecule has 0 unspecified atom stereocenters. The van der Waals surface area contributed by atoms with Gasteiger partial charge in [-0.2, -0.15) is 0 Å². The van der Waals surface area contributed by atoms with Gasteiger partial charge in [0.05, 0.1) is 12.8 Å². The fourth-order valence-corrected chi connectivity index (χ4v) is 1.41. The minimum Gasteiger partial charge on any atom is -0.497 e. The second kappa shape index (κ2) is 5.40. The van der Waals surface area contributed by atoms with Crippen molar-refractivity contribution in [2.24, 2.45) is 4.99 Å². The van der Waals surface area contributed by atoms with Crippen molar-refractivity contribution in [2.75, 3.05) is 7.11 Å². The molecule has 0 aliphatic heterocycles. The van der Waals surface area contributed by atoms with E-state index in [1.54, 1.807) is 31.4 Å². The van der Waals surface area contributed by atoms with E-state index in [0.717, 1.165) is 17.9 Å². The van der Waals surface area contributed by atoms with E-state index in [9.17, 15) is 8.78 Å². The topological polar surface area (TPSA) is 21.6 Å². The van der Waals surface area contributed by atoms with Gasteiger partial charge in [-0.05, 0) is 42.0 Å². The number of hydrogen-bond donors (Lipinski definition) is 0.